The average Bonchev–Trinajstić information content (AvgIpc) is 2.55. The number of anilines is 2. The number of Topliss-reactive ketones (excluding diaryl/α,β-unsaturated/α-hetero) is 1. The molecule has 0 aliphatic rings. The predicted octanol–water partition coefficient (Wildman–Crippen LogP) is 3.20. The molecule has 0 aliphatic carbocycles. The van der Waals surface area contributed by atoms with E-state index >= 15 is 0 Å². The Balaban J connectivity index is 2.32. The number of amides is 1. The summed E-state index contributed by atoms with van der Waals surface area (Å²) in [5.74, 6) is -0.573. The van der Waals surface area contributed by atoms with Crippen LogP contribution >= 0.6 is 0 Å². The largest absolute Gasteiger partial charge is 0.321 e. The van der Waals surface area contributed by atoms with Crippen LogP contribution in [-0.2, 0) is 14.8 Å². The van der Waals surface area contributed by atoms with Gasteiger partial charge >= 0.3 is 0 Å². The van der Waals surface area contributed by atoms with Crippen molar-refractivity contribution in [2.45, 2.75) is 18.7 Å². The first-order chi connectivity index (χ1) is 11.7. The van der Waals surface area contributed by atoms with Crippen LogP contribution in [0.5, 0.6) is 0 Å². The van der Waals surface area contributed by atoms with Crippen molar-refractivity contribution in [1.82, 2.24) is 0 Å². The first kappa shape index (κ1) is 18.4. The van der Waals surface area contributed by atoms with Crippen LogP contribution < -0.4 is 10.0 Å². The number of benzene rings is 2. The van der Waals surface area contributed by atoms with Gasteiger partial charge in [0.1, 0.15) is 4.90 Å². The molecule has 0 fully saturated rings. The van der Waals surface area contributed by atoms with E-state index in [1.54, 1.807) is 12.1 Å². The van der Waals surface area contributed by atoms with Crippen LogP contribution in [0.1, 0.15) is 24.2 Å². The van der Waals surface area contributed by atoms with Gasteiger partial charge in [-0.3, -0.25) is 14.3 Å². The maximum Gasteiger partial charge on any atom is 0.263 e. The van der Waals surface area contributed by atoms with Crippen molar-refractivity contribution in [3.63, 3.8) is 0 Å². The van der Waals surface area contributed by atoms with E-state index in [1.807, 2.05) is 0 Å². The molecule has 0 saturated carbocycles. The number of hydrogen-bond donors (Lipinski definition) is 2. The number of sulfonamides is 1. The van der Waals surface area contributed by atoms with Crippen LogP contribution in [0.3, 0.4) is 0 Å². The second kappa shape index (κ2) is 7.31. The van der Waals surface area contributed by atoms with Gasteiger partial charge in [0.25, 0.3) is 15.9 Å². The smallest absolute Gasteiger partial charge is 0.263 e. The molecule has 0 bridgehead atoms. The molecule has 0 aromatic heterocycles. The zero-order valence-corrected chi connectivity index (χ0v) is 14.7. The number of para-hydroxylation sites is 1. The van der Waals surface area contributed by atoms with Crippen molar-refractivity contribution in [3.8, 4) is 0 Å². The molecule has 0 unspecified atom stereocenters. The minimum absolute atomic E-state index is 0.0692. The molecule has 0 spiro atoms. The fourth-order valence-electron chi connectivity index (χ4n) is 2.02. The third kappa shape index (κ3) is 4.54. The number of nitrogens with one attached hydrogen (secondary N) is 2. The molecule has 1 amide bonds. The van der Waals surface area contributed by atoms with E-state index in [1.165, 1.54) is 50.2 Å². The van der Waals surface area contributed by atoms with E-state index in [-0.39, 0.29) is 21.9 Å². The molecular weight excluding hydrogens is 340 g/mol. The molecular formula is C18H18N2O4S. The highest BCUT2D eigenvalue weighted by Gasteiger charge is 2.19. The first-order valence-corrected chi connectivity index (χ1v) is 8.89. The summed E-state index contributed by atoms with van der Waals surface area (Å²) in [6.07, 6.45) is 0. The Morgan fingerprint density at radius 2 is 1.56 bits per heavy atom. The van der Waals surface area contributed by atoms with Gasteiger partial charge in [-0.05, 0) is 50.2 Å². The van der Waals surface area contributed by atoms with Crippen LogP contribution in [0.15, 0.2) is 65.6 Å². The quantitative estimate of drug-likeness (QED) is 0.613. The second-order valence-electron chi connectivity index (χ2n) is 5.47. The van der Waals surface area contributed by atoms with Crippen molar-refractivity contribution >= 4 is 33.1 Å². The summed E-state index contributed by atoms with van der Waals surface area (Å²) in [6.45, 7) is 6.49. The summed E-state index contributed by atoms with van der Waals surface area (Å²) < 4.78 is 27.7. The summed E-state index contributed by atoms with van der Waals surface area (Å²) in [6, 6.07) is 12.1. The molecule has 0 aliphatic heterocycles. The molecule has 2 aromatic rings. The van der Waals surface area contributed by atoms with E-state index in [2.05, 4.69) is 16.6 Å². The van der Waals surface area contributed by atoms with Gasteiger partial charge in [-0.1, -0.05) is 18.7 Å². The second-order valence-corrected chi connectivity index (χ2v) is 7.12. The highest BCUT2D eigenvalue weighted by atomic mass is 32.2. The lowest BCUT2D eigenvalue weighted by molar-refractivity contribution is -0.112. The summed E-state index contributed by atoms with van der Waals surface area (Å²) in [7, 11) is -3.93. The van der Waals surface area contributed by atoms with Crippen molar-refractivity contribution < 1.29 is 18.0 Å². The average molecular weight is 358 g/mol. The number of carbonyl (C=O) groups excluding carboxylic acids is 2. The van der Waals surface area contributed by atoms with Crippen LogP contribution in [-0.4, -0.2) is 20.1 Å². The molecule has 130 valence electrons. The maximum absolute atomic E-state index is 12.6. The van der Waals surface area contributed by atoms with Gasteiger partial charge < -0.3 is 5.32 Å². The Kier molecular flexibility index (Phi) is 5.38. The Morgan fingerprint density at radius 3 is 2.12 bits per heavy atom. The number of rotatable bonds is 6. The maximum atomic E-state index is 12.6. The van der Waals surface area contributed by atoms with Crippen molar-refractivity contribution in [3.05, 3.63) is 66.2 Å². The minimum atomic E-state index is -3.93. The summed E-state index contributed by atoms with van der Waals surface area (Å²) >= 11 is 0. The van der Waals surface area contributed by atoms with Crippen LogP contribution in [0.4, 0.5) is 11.4 Å². The van der Waals surface area contributed by atoms with Crippen LogP contribution in [0.2, 0.25) is 0 Å². The summed E-state index contributed by atoms with van der Waals surface area (Å²) in [4.78, 5) is 23.0. The van der Waals surface area contributed by atoms with Crippen LogP contribution in [0, 0.1) is 0 Å². The standard InChI is InChI=1S/C18H18N2O4S/c1-12(2)18(22)19-16-6-4-5-7-17(16)25(23,24)20-15-10-8-14(9-11-15)13(3)21/h4-11,20H,1H2,2-3H3,(H,19,22). The predicted molar refractivity (Wildman–Crippen MR) is 97.1 cm³/mol. The molecule has 2 N–H and O–H groups in total. The topological polar surface area (TPSA) is 92.3 Å². The molecule has 2 aromatic carbocycles. The van der Waals surface area contributed by atoms with E-state index in [0.29, 0.717) is 11.3 Å². The van der Waals surface area contributed by atoms with Gasteiger partial charge in [-0.15, -0.1) is 0 Å². The fourth-order valence-corrected chi connectivity index (χ4v) is 3.24. The number of ketones is 1. The SMILES string of the molecule is C=C(C)C(=O)Nc1ccccc1S(=O)(=O)Nc1ccc(C(C)=O)cc1. The van der Waals surface area contributed by atoms with Crippen molar-refractivity contribution in [2.24, 2.45) is 0 Å². The van der Waals surface area contributed by atoms with Gasteiger partial charge in [0.2, 0.25) is 0 Å². The Morgan fingerprint density at radius 1 is 0.960 bits per heavy atom. The van der Waals surface area contributed by atoms with E-state index in [0.717, 1.165) is 0 Å². The monoisotopic (exact) mass is 358 g/mol. The molecule has 2 rings (SSSR count). The zero-order chi connectivity index (χ0) is 18.6. The highest BCUT2D eigenvalue weighted by molar-refractivity contribution is 7.92. The third-order valence-corrected chi connectivity index (χ3v) is 4.80. The van der Waals surface area contributed by atoms with E-state index < -0.39 is 15.9 Å². The van der Waals surface area contributed by atoms with E-state index in [4.69, 9.17) is 0 Å². The van der Waals surface area contributed by atoms with Gasteiger partial charge in [-0.25, -0.2) is 8.42 Å². The number of hydrogen-bond acceptors (Lipinski definition) is 4. The molecule has 0 saturated heterocycles. The molecule has 0 heterocycles. The minimum Gasteiger partial charge on any atom is -0.321 e. The Hall–Kier alpha value is -2.93. The molecule has 25 heavy (non-hydrogen) atoms. The van der Waals surface area contributed by atoms with Crippen molar-refractivity contribution in [1.29, 1.82) is 0 Å². The highest BCUT2D eigenvalue weighted by Crippen LogP contribution is 2.24. The van der Waals surface area contributed by atoms with Crippen molar-refractivity contribution in [2.75, 3.05) is 10.0 Å². The lowest BCUT2D eigenvalue weighted by Gasteiger charge is -2.13. The van der Waals surface area contributed by atoms with Gasteiger partial charge in [0.05, 0.1) is 5.69 Å². The van der Waals surface area contributed by atoms with Crippen LogP contribution in [0.25, 0.3) is 0 Å². The fraction of sp³-hybridized carbons (Fsp3) is 0.111. The molecule has 0 atom stereocenters. The third-order valence-electron chi connectivity index (χ3n) is 3.36. The molecule has 0 radical (unpaired) electrons. The molecule has 7 heteroatoms. The lowest BCUT2D eigenvalue weighted by Crippen LogP contribution is -2.18. The molecule has 6 nitrogen and oxygen atoms in total. The summed E-state index contributed by atoms with van der Waals surface area (Å²) in [5.41, 5.74) is 1.21. The Bertz CT molecular complexity index is 932. The first-order valence-electron chi connectivity index (χ1n) is 7.40. The van der Waals surface area contributed by atoms with Gasteiger partial charge in [0, 0.05) is 16.8 Å². The Labute approximate surface area is 146 Å². The normalized spacial score (nSPS) is 10.8. The lowest BCUT2D eigenvalue weighted by atomic mass is 10.1. The zero-order valence-electron chi connectivity index (χ0n) is 13.9. The van der Waals surface area contributed by atoms with Gasteiger partial charge in [-0.2, -0.15) is 0 Å². The summed E-state index contributed by atoms with van der Waals surface area (Å²) in [5, 5.41) is 2.52. The number of carbonyl (C=O) groups is 2. The van der Waals surface area contributed by atoms with E-state index in [9.17, 15) is 18.0 Å². The van der Waals surface area contributed by atoms with Gasteiger partial charge in [0.15, 0.2) is 5.78 Å².